The third-order valence-electron chi connectivity index (χ3n) is 1.79. The summed E-state index contributed by atoms with van der Waals surface area (Å²) in [6, 6.07) is 6.50. The molecular formula is C9H8B. The molecule has 0 amide bonds. The van der Waals surface area contributed by atoms with Crippen molar-refractivity contribution in [2.75, 3.05) is 0 Å². The average molecular weight is 127 g/mol. The van der Waals surface area contributed by atoms with Crippen molar-refractivity contribution in [3.63, 3.8) is 0 Å². The Labute approximate surface area is 61.8 Å². The van der Waals surface area contributed by atoms with Crippen molar-refractivity contribution in [2.24, 2.45) is 0 Å². The Bertz CT molecular complexity index is 287. The third kappa shape index (κ3) is 0.785. The predicted octanol–water partition coefficient (Wildman–Crippen LogP) is 1.31. The quantitative estimate of drug-likeness (QED) is 0.461. The number of hydrogen-bond donors (Lipinski definition) is 0. The van der Waals surface area contributed by atoms with Gasteiger partial charge in [-0.1, -0.05) is 35.3 Å². The second kappa shape index (κ2) is 2.01. The second-order valence-corrected chi connectivity index (χ2v) is 2.66. The Kier molecular flexibility index (Phi) is 1.16. The highest BCUT2D eigenvalue weighted by atomic mass is 14.0. The lowest BCUT2D eigenvalue weighted by molar-refractivity contribution is 1.49. The van der Waals surface area contributed by atoms with E-state index in [9.17, 15) is 0 Å². The van der Waals surface area contributed by atoms with E-state index in [4.69, 9.17) is 0 Å². The minimum Gasteiger partial charge on any atom is -0.116 e. The van der Waals surface area contributed by atoms with E-state index in [1.54, 1.807) is 0 Å². The van der Waals surface area contributed by atoms with E-state index < -0.39 is 0 Å². The largest absolute Gasteiger partial charge is 0.182 e. The molecule has 0 saturated carbocycles. The molecule has 0 N–H and O–H groups in total. The van der Waals surface area contributed by atoms with E-state index in [2.05, 4.69) is 44.5 Å². The Morgan fingerprint density at radius 3 is 3.10 bits per heavy atom. The van der Waals surface area contributed by atoms with Crippen LogP contribution in [-0.2, 0) is 0 Å². The van der Waals surface area contributed by atoms with Crippen molar-refractivity contribution >= 4 is 18.8 Å². The van der Waals surface area contributed by atoms with Gasteiger partial charge in [0, 0.05) is 0 Å². The van der Waals surface area contributed by atoms with Crippen LogP contribution in [0.2, 0.25) is 0 Å². The zero-order valence-corrected chi connectivity index (χ0v) is 5.96. The Balaban J connectivity index is 2.59. The molecule has 1 heteroatoms. The van der Waals surface area contributed by atoms with E-state index in [-0.39, 0.29) is 0 Å². The fourth-order valence-electron chi connectivity index (χ4n) is 1.25. The summed E-state index contributed by atoms with van der Waals surface area (Å²) >= 11 is 0. The van der Waals surface area contributed by atoms with E-state index >= 15 is 0 Å². The lowest BCUT2D eigenvalue weighted by Gasteiger charge is -1.98. The van der Waals surface area contributed by atoms with Crippen LogP contribution in [0.1, 0.15) is 11.1 Å². The van der Waals surface area contributed by atoms with Gasteiger partial charge in [-0.2, -0.15) is 0 Å². The molecule has 0 saturated heterocycles. The first-order valence-corrected chi connectivity index (χ1v) is 3.48. The monoisotopic (exact) mass is 127 g/mol. The Morgan fingerprint density at radius 2 is 2.20 bits per heavy atom. The van der Waals surface area contributed by atoms with Crippen molar-refractivity contribution in [2.45, 2.75) is 6.92 Å². The van der Waals surface area contributed by atoms with Crippen molar-refractivity contribution in [1.82, 2.24) is 0 Å². The molecule has 1 aromatic rings. The highest BCUT2D eigenvalue weighted by Gasteiger charge is 2.03. The molecule has 1 aromatic carbocycles. The van der Waals surface area contributed by atoms with Crippen LogP contribution in [0.3, 0.4) is 0 Å². The molecule has 0 aliphatic carbocycles. The Morgan fingerprint density at radius 1 is 1.30 bits per heavy atom. The molecule has 0 spiro atoms. The van der Waals surface area contributed by atoms with Crippen LogP contribution >= 0.6 is 0 Å². The summed E-state index contributed by atoms with van der Waals surface area (Å²) in [5.41, 5.74) is 4.02. The smallest absolute Gasteiger partial charge is 0.116 e. The predicted molar refractivity (Wildman–Crippen MR) is 45.6 cm³/mol. The van der Waals surface area contributed by atoms with Gasteiger partial charge in [0.25, 0.3) is 0 Å². The maximum Gasteiger partial charge on any atom is 0.182 e. The summed E-state index contributed by atoms with van der Waals surface area (Å²) in [6.45, 7) is 2.12. The van der Waals surface area contributed by atoms with Crippen molar-refractivity contribution in [1.29, 1.82) is 0 Å². The highest BCUT2D eigenvalue weighted by Crippen LogP contribution is 2.06. The lowest BCUT2D eigenvalue weighted by atomic mass is 9.73. The molecule has 0 atom stereocenters. The lowest BCUT2D eigenvalue weighted by Crippen LogP contribution is -2.10. The van der Waals surface area contributed by atoms with Crippen LogP contribution in [0.4, 0.5) is 0 Å². The van der Waals surface area contributed by atoms with Gasteiger partial charge in [0.2, 0.25) is 0 Å². The number of rotatable bonds is 0. The van der Waals surface area contributed by atoms with E-state index in [0.29, 0.717) is 0 Å². The topological polar surface area (TPSA) is 0 Å². The van der Waals surface area contributed by atoms with Gasteiger partial charge < -0.3 is 0 Å². The zero-order chi connectivity index (χ0) is 6.97. The van der Waals surface area contributed by atoms with Crippen LogP contribution in [0, 0.1) is 6.92 Å². The second-order valence-electron chi connectivity index (χ2n) is 2.66. The van der Waals surface area contributed by atoms with Crippen molar-refractivity contribution < 1.29 is 0 Å². The van der Waals surface area contributed by atoms with Gasteiger partial charge in [-0.3, -0.25) is 0 Å². The fraction of sp³-hybridized carbons (Fsp3) is 0.111. The molecule has 0 fully saturated rings. The molecule has 10 heavy (non-hydrogen) atoms. The van der Waals surface area contributed by atoms with Gasteiger partial charge in [0.1, 0.15) is 0 Å². The van der Waals surface area contributed by atoms with E-state index in [1.165, 1.54) is 16.6 Å². The van der Waals surface area contributed by atoms with Crippen LogP contribution < -0.4 is 5.46 Å². The molecule has 0 unspecified atom stereocenters. The summed E-state index contributed by atoms with van der Waals surface area (Å²) in [5, 5.41) is 0. The third-order valence-corrected chi connectivity index (χ3v) is 1.79. The van der Waals surface area contributed by atoms with Crippen LogP contribution in [-0.4, -0.2) is 7.28 Å². The number of aryl methyl sites for hydroxylation is 1. The Hall–Kier alpha value is -0.975. The SMILES string of the molecule is Cc1ccc2c(c1)[B]C=C2. The fourth-order valence-corrected chi connectivity index (χ4v) is 1.25. The van der Waals surface area contributed by atoms with Gasteiger partial charge in [0.05, 0.1) is 0 Å². The first kappa shape index (κ1) is 5.78. The van der Waals surface area contributed by atoms with Gasteiger partial charge in [-0.05, 0) is 12.5 Å². The molecule has 0 aromatic heterocycles. The van der Waals surface area contributed by atoms with Gasteiger partial charge >= 0.3 is 0 Å². The van der Waals surface area contributed by atoms with Gasteiger partial charge in [0.15, 0.2) is 7.28 Å². The molecular weight excluding hydrogens is 119 g/mol. The normalized spacial score (nSPS) is 12.9. The maximum absolute atomic E-state index is 2.20. The van der Waals surface area contributed by atoms with Crippen molar-refractivity contribution in [3.05, 3.63) is 35.3 Å². The summed E-state index contributed by atoms with van der Waals surface area (Å²) in [5.74, 6) is 2.09. The van der Waals surface area contributed by atoms with Crippen LogP contribution in [0.5, 0.6) is 0 Å². The summed E-state index contributed by atoms with van der Waals surface area (Å²) in [4.78, 5) is 0. The van der Waals surface area contributed by atoms with E-state index in [0.717, 1.165) is 0 Å². The zero-order valence-electron chi connectivity index (χ0n) is 5.96. The first-order chi connectivity index (χ1) is 4.86. The molecule has 1 aliphatic rings. The minimum absolute atomic E-state index is 1.33. The molecule has 1 heterocycles. The van der Waals surface area contributed by atoms with E-state index in [1.807, 2.05) is 0 Å². The first-order valence-electron chi connectivity index (χ1n) is 3.48. The molecule has 47 valence electrons. The van der Waals surface area contributed by atoms with Crippen LogP contribution in [0.25, 0.3) is 6.08 Å². The summed E-state index contributed by atoms with van der Waals surface area (Å²) in [7, 11) is 2.14. The van der Waals surface area contributed by atoms with Gasteiger partial charge in [-0.15, -0.1) is 5.98 Å². The van der Waals surface area contributed by atoms with Gasteiger partial charge in [-0.25, -0.2) is 0 Å². The highest BCUT2D eigenvalue weighted by molar-refractivity contribution is 6.62. The van der Waals surface area contributed by atoms with Crippen LogP contribution in [0.15, 0.2) is 24.2 Å². The molecule has 1 aliphatic heterocycles. The average Bonchev–Trinajstić information content (AvgIpc) is 2.33. The summed E-state index contributed by atoms with van der Waals surface area (Å²) < 4.78 is 0. The number of fused-ring (bicyclic) bond motifs is 1. The molecule has 1 radical (unpaired) electrons. The maximum atomic E-state index is 2.20. The number of benzene rings is 1. The number of hydrogen-bond acceptors (Lipinski definition) is 0. The molecule has 0 nitrogen and oxygen atoms in total. The standard InChI is InChI=1S/C9H8B/c1-7-2-3-8-4-5-10-9(8)6-7/h2-6H,1H3. The molecule has 2 rings (SSSR count). The van der Waals surface area contributed by atoms with Crippen molar-refractivity contribution in [3.8, 4) is 0 Å². The summed E-state index contributed by atoms with van der Waals surface area (Å²) in [6.07, 6.45) is 2.13. The molecule has 0 bridgehead atoms. The minimum atomic E-state index is 1.33.